The fraction of sp³-hybridized carbons (Fsp3) is 0.623. The van der Waals surface area contributed by atoms with Gasteiger partial charge in [-0.05, 0) is 148 Å². The summed E-state index contributed by atoms with van der Waals surface area (Å²) < 4.78 is 16.9. The molecule has 0 fully saturated rings. The van der Waals surface area contributed by atoms with Crippen LogP contribution >= 0.6 is 0 Å². The lowest BCUT2D eigenvalue weighted by molar-refractivity contribution is -0.167. The molecule has 468 valence electrons. The molecule has 0 aliphatic heterocycles. The van der Waals surface area contributed by atoms with Gasteiger partial charge in [-0.15, -0.1) is 0 Å². The first-order chi connectivity index (χ1) is 41.0. The molecule has 0 radical (unpaired) electrons. The van der Waals surface area contributed by atoms with Crippen LogP contribution in [0.25, 0.3) is 0 Å². The van der Waals surface area contributed by atoms with E-state index in [-0.39, 0.29) is 31.1 Å². The Labute approximate surface area is 511 Å². The number of hydrogen-bond acceptors (Lipinski definition) is 6. The monoisotopic (exact) mass is 1140 g/mol. The average molecular weight is 1150 g/mol. The molecule has 0 spiro atoms. The molecule has 0 aliphatic rings. The van der Waals surface area contributed by atoms with Crippen molar-refractivity contribution in [2.45, 2.75) is 297 Å². The Kier molecular flexibility index (Phi) is 65.4. The summed E-state index contributed by atoms with van der Waals surface area (Å²) in [5, 5.41) is 0. The van der Waals surface area contributed by atoms with Crippen LogP contribution in [0.15, 0.2) is 158 Å². The number of allylic oxidation sites excluding steroid dienone is 26. The average Bonchev–Trinajstić information content (AvgIpc) is 3.50. The highest BCUT2D eigenvalue weighted by Crippen LogP contribution is 2.15. The lowest BCUT2D eigenvalue weighted by Crippen LogP contribution is -2.30. The maximum Gasteiger partial charge on any atom is 0.306 e. The highest BCUT2D eigenvalue weighted by molar-refractivity contribution is 5.71. The topological polar surface area (TPSA) is 78.9 Å². The van der Waals surface area contributed by atoms with Crippen molar-refractivity contribution in [3.8, 4) is 0 Å². The standard InChI is InChI=1S/C77H124O6/c1-4-7-10-13-16-19-22-25-28-31-34-36-37-38-39-41-43-46-49-52-55-58-61-64-67-70-76(79)82-73-74(72-81-75(78)69-66-63-60-57-54-51-48-45-42-33-30-27-24-21-18-15-12-9-6-3)83-77(80)71-68-65-62-59-56-53-50-47-44-40-35-32-29-26-23-20-17-14-11-8-5-2/h7,9-10,12,16,18-19,21,25,27-28,30,32,34-36,38-39,42-43,45-46,51-52,54-55,74H,4-6,8,11,13-15,17,20,22-24,26,29,31,33,37,40-41,44,47-50,53,56-73H2,1-3H3/b10-7-,12-9-,19-16-,21-18-,28-25-,30-27-,35-32-,36-34-,39-38-,45-42-,46-43-,54-51-,55-52-. The van der Waals surface area contributed by atoms with E-state index in [0.717, 1.165) is 148 Å². The molecule has 0 rings (SSSR count). The van der Waals surface area contributed by atoms with Crippen molar-refractivity contribution in [2.75, 3.05) is 13.2 Å². The van der Waals surface area contributed by atoms with Crippen LogP contribution in [0.4, 0.5) is 0 Å². The van der Waals surface area contributed by atoms with Crippen LogP contribution in [0.2, 0.25) is 0 Å². The highest BCUT2D eigenvalue weighted by atomic mass is 16.6. The molecule has 0 aromatic heterocycles. The SMILES string of the molecule is CC/C=C\C/C=C\C/C=C\C/C=C\C/C=C\C/C=C\C/C=C\CCCCCC(=O)OCC(COC(=O)CCCCC/C=C\C/C=C\C/C=C\C/C=C\C/C=C\CC)OC(=O)CCCCCCCCCCC/C=C\CCCCCCCCCC. The Hall–Kier alpha value is -4.97. The Morgan fingerprint density at radius 3 is 0.759 bits per heavy atom. The van der Waals surface area contributed by atoms with Crippen LogP contribution in [-0.2, 0) is 28.6 Å². The number of ether oxygens (including phenoxy) is 3. The lowest BCUT2D eigenvalue weighted by Gasteiger charge is -2.18. The first-order valence-electron chi connectivity index (χ1n) is 34.0. The smallest absolute Gasteiger partial charge is 0.306 e. The molecule has 0 bridgehead atoms. The van der Waals surface area contributed by atoms with E-state index >= 15 is 0 Å². The molecule has 83 heavy (non-hydrogen) atoms. The van der Waals surface area contributed by atoms with Crippen LogP contribution < -0.4 is 0 Å². The first-order valence-corrected chi connectivity index (χ1v) is 34.0. The van der Waals surface area contributed by atoms with Crippen LogP contribution in [0.3, 0.4) is 0 Å². The number of carbonyl (C=O) groups excluding carboxylic acids is 3. The fourth-order valence-corrected chi connectivity index (χ4v) is 8.97. The zero-order valence-electron chi connectivity index (χ0n) is 53.7. The minimum absolute atomic E-state index is 0.113. The van der Waals surface area contributed by atoms with Gasteiger partial charge in [-0.3, -0.25) is 14.4 Å². The van der Waals surface area contributed by atoms with Gasteiger partial charge in [0.15, 0.2) is 6.10 Å². The van der Waals surface area contributed by atoms with Crippen LogP contribution in [0, 0.1) is 0 Å². The van der Waals surface area contributed by atoms with Crippen molar-refractivity contribution in [1.82, 2.24) is 0 Å². The van der Waals surface area contributed by atoms with Gasteiger partial charge in [0.05, 0.1) is 0 Å². The van der Waals surface area contributed by atoms with E-state index < -0.39 is 6.10 Å². The Morgan fingerprint density at radius 2 is 0.470 bits per heavy atom. The summed E-state index contributed by atoms with van der Waals surface area (Å²) in [5.41, 5.74) is 0. The van der Waals surface area contributed by atoms with E-state index in [1.54, 1.807) is 0 Å². The predicted molar refractivity (Wildman–Crippen MR) is 362 cm³/mol. The molecule has 0 aromatic rings. The number of unbranched alkanes of at least 4 members (excludes halogenated alkanes) is 23. The molecule has 0 heterocycles. The van der Waals surface area contributed by atoms with E-state index in [2.05, 4.69) is 179 Å². The summed E-state index contributed by atoms with van der Waals surface area (Å²) in [6.07, 6.45) is 101. The molecular formula is C77H124O6. The van der Waals surface area contributed by atoms with Gasteiger partial charge in [0, 0.05) is 19.3 Å². The molecule has 0 N–H and O–H groups in total. The molecule has 1 atom stereocenters. The van der Waals surface area contributed by atoms with Crippen molar-refractivity contribution in [1.29, 1.82) is 0 Å². The third-order valence-corrected chi connectivity index (χ3v) is 14.0. The Balaban J connectivity index is 4.53. The summed E-state index contributed by atoms with van der Waals surface area (Å²) in [5.74, 6) is -0.975. The molecule has 0 aromatic carbocycles. The summed E-state index contributed by atoms with van der Waals surface area (Å²) in [6, 6.07) is 0. The third-order valence-electron chi connectivity index (χ3n) is 14.0. The van der Waals surface area contributed by atoms with Gasteiger partial charge in [-0.1, -0.05) is 281 Å². The van der Waals surface area contributed by atoms with Crippen LogP contribution in [0.1, 0.15) is 290 Å². The van der Waals surface area contributed by atoms with Crippen LogP contribution in [-0.4, -0.2) is 37.2 Å². The maximum atomic E-state index is 13.0. The molecule has 0 aliphatic carbocycles. The third kappa shape index (κ3) is 67.7. The van der Waals surface area contributed by atoms with Gasteiger partial charge in [-0.25, -0.2) is 0 Å². The first kappa shape index (κ1) is 78.0. The van der Waals surface area contributed by atoms with Crippen molar-refractivity contribution in [2.24, 2.45) is 0 Å². The quantitative estimate of drug-likeness (QED) is 0.0261. The van der Waals surface area contributed by atoms with E-state index in [9.17, 15) is 14.4 Å². The van der Waals surface area contributed by atoms with Crippen molar-refractivity contribution in [3.05, 3.63) is 158 Å². The predicted octanol–water partition coefficient (Wildman–Crippen LogP) is 23.7. The van der Waals surface area contributed by atoms with E-state index in [0.29, 0.717) is 19.3 Å². The number of carbonyl (C=O) groups is 3. The summed E-state index contributed by atoms with van der Waals surface area (Å²) in [4.78, 5) is 38.4. The zero-order valence-corrected chi connectivity index (χ0v) is 53.7. The largest absolute Gasteiger partial charge is 0.462 e. The maximum absolute atomic E-state index is 13.0. The molecule has 0 saturated heterocycles. The normalized spacial score (nSPS) is 13.1. The van der Waals surface area contributed by atoms with Gasteiger partial charge in [0.25, 0.3) is 0 Å². The molecule has 0 saturated carbocycles. The lowest BCUT2D eigenvalue weighted by atomic mass is 10.1. The van der Waals surface area contributed by atoms with E-state index in [4.69, 9.17) is 14.2 Å². The molecule has 6 heteroatoms. The Bertz CT molecular complexity index is 1840. The second-order valence-electron chi connectivity index (χ2n) is 22.0. The van der Waals surface area contributed by atoms with E-state index in [1.807, 2.05) is 0 Å². The van der Waals surface area contributed by atoms with Crippen molar-refractivity contribution in [3.63, 3.8) is 0 Å². The summed E-state index contributed by atoms with van der Waals surface area (Å²) in [7, 11) is 0. The molecule has 0 amide bonds. The minimum Gasteiger partial charge on any atom is -0.462 e. The number of rotatable bonds is 60. The van der Waals surface area contributed by atoms with Crippen LogP contribution in [0.5, 0.6) is 0 Å². The zero-order chi connectivity index (χ0) is 59.9. The number of esters is 3. The van der Waals surface area contributed by atoms with Gasteiger partial charge >= 0.3 is 17.9 Å². The summed E-state index contributed by atoms with van der Waals surface area (Å²) >= 11 is 0. The van der Waals surface area contributed by atoms with Crippen molar-refractivity contribution >= 4 is 17.9 Å². The van der Waals surface area contributed by atoms with E-state index in [1.165, 1.54) is 103 Å². The highest BCUT2D eigenvalue weighted by Gasteiger charge is 2.19. The molecule has 1 unspecified atom stereocenters. The van der Waals surface area contributed by atoms with Gasteiger partial charge in [0.2, 0.25) is 0 Å². The fourth-order valence-electron chi connectivity index (χ4n) is 8.97. The molecule has 6 nitrogen and oxygen atoms in total. The Morgan fingerprint density at radius 1 is 0.253 bits per heavy atom. The second-order valence-corrected chi connectivity index (χ2v) is 22.0. The van der Waals surface area contributed by atoms with Gasteiger partial charge < -0.3 is 14.2 Å². The van der Waals surface area contributed by atoms with Crippen molar-refractivity contribution < 1.29 is 28.6 Å². The van der Waals surface area contributed by atoms with Gasteiger partial charge in [0.1, 0.15) is 13.2 Å². The second kappa shape index (κ2) is 69.5. The summed E-state index contributed by atoms with van der Waals surface area (Å²) in [6.45, 7) is 6.37. The molecular weight excluding hydrogens is 1020 g/mol. The number of hydrogen-bond donors (Lipinski definition) is 0. The minimum atomic E-state index is -0.817. The van der Waals surface area contributed by atoms with Gasteiger partial charge in [-0.2, -0.15) is 0 Å².